The van der Waals surface area contributed by atoms with Crippen molar-refractivity contribution >= 4 is 17.2 Å². The van der Waals surface area contributed by atoms with Gasteiger partial charge in [0.05, 0.1) is 0 Å². The third-order valence-electron chi connectivity index (χ3n) is 2.12. The van der Waals surface area contributed by atoms with Gasteiger partial charge in [-0.25, -0.2) is 9.97 Å². The van der Waals surface area contributed by atoms with Gasteiger partial charge in [0, 0.05) is 12.4 Å². The first kappa shape index (κ1) is 11.8. The number of thiocarbonyl (C=S) groups is 1. The van der Waals surface area contributed by atoms with Crippen LogP contribution in [0.2, 0.25) is 0 Å². The molecule has 2 N–H and O–H groups in total. The van der Waals surface area contributed by atoms with Gasteiger partial charge in [-0.15, -0.1) is 0 Å². The lowest BCUT2D eigenvalue weighted by Gasteiger charge is -2.24. The standard InChI is InChI=1S/C10H15N3OS/c1-4-10(2,3)14-9-7(8(11)15)12-5-6-13-9/h5-6H,4H2,1-3H3,(H2,11,15). The Morgan fingerprint density at radius 3 is 2.60 bits per heavy atom. The summed E-state index contributed by atoms with van der Waals surface area (Å²) >= 11 is 4.87. The summed E-state index contributed by atoms with van der Waals surface area (Å²) in [5.41, 5.74) is 5.67. The molecular formula is C10H15N3OS. The third kappa shape index (κ3) is 3.13. The summed E-state index contributed by atoms with van der Waals surface area (Å²) in [6.07, 6.45) is 3.96. The minimum atomic E-state index is -0.296. The Labute approximate surface area is 94.9 Å². The Morgan fingerprint density at radius 2 is 2.07 bits per heavy atom. The monoisotopic (exact) mass is 225 g/mol. The molecule has 0 aliphatic heterocycles. The van der Waals surface area contributed by atoms with Crippen molar-refractivity contribution in [2.45, 2.75) is 32.8 Å². The molecule has 0 aliphatic carbocycles. The van der Waals surface area contributed by atoms with Crippen molar-refractivity contribution in [2.24, 2.45) is 5.73 Å². The van der Waals surface area contributed by atoms with Gasteiger partial charge in [-0.05, 0) is 20.3 Å². The molecule has 1 aromatic rings. The first-order chi connectivity index (χ1) is 6.96. The van der Waals surface area contributed by atoms with Crippen LogP contribution in [0, 0.1) is 0 Å². The maximum atomic E-state index is 5.70. The zero-order valence-electron chi connectivity index (χ0n) is 9.15. The van der Waals surface area contributed by atoms with Gasteiger partial charge in [0.1, 0.15) is 10.6 Å². The second-order valence-corrected chi connectivity index (χ2v) is 4.23. The van der Waals surface area contributed by atoms with Gasteiger partial charge in [0.2, 0.25) is 5.88 Å². The van der Waals surface area contributed by atoms with Crippen LogP contribution in [0.1, 0.15) is 32.9 Å². The van der Waals surface area contributed by atoms with Crippen LogP contribution in [0.3, 0.4) is 0 Å². The molecule has 0 radical (unpaired) electrons. The van der Waals surface area contributed by atoms with E-state index < -0.39 is 0 Å². The number of nitrogens with two attached hydrogens (primary N) is 1. The molecule has 4 nitrogen and oxygen atoms in total. The summed E-state index contributed by atoms with van der Waals surface area (Å²) in [7, 11) is 0. The first-order valence-corrected chi connectivity index (χ1v) is 5.17. The predicted octanol–water partition coefficient (Wildman–Crippen LogP) is 1.68. The van der Waals surface area contributed by atoms with E-state index in [4.69, 9.17) is 22.7 Å². The highest BCUT2D eigenvalue weighted by Crippen LogP contribution is 2.20. The van der Waals surface area contributed by atoms with Crippen molar-refractivity contribution in [1.82, 2.24) is 9.97 Å². The molecule has 15 heavy (non-hydrogen) atoms. The molecule has 1 rings (SSSR count). The van der Waals surface area contributed by atoms with Crippen molar-refractivity contribution in [3.8, 4) is 5.88 Å². The molecule has 0 fully saturated rings. The van der Waals surface area contributed by atoms with E-state index in [1.54, 1.807) is 12.4 Å². The van der Waals surface area contributed by atoms with Crippen LogP contribution in [-0.4, -0.2) is 20.6 Å². The Balaban J connectivity index is 2.99. The predicted molar refractivity (Wildman–Crippen MR) is 62.9 cm³/mol. The normalized spacial score (nSPS) is 11.1. The lowest BCUT2D eigenvalue weighted by molar-refractivity contribution is 0.0981. The summed E-state index contributed by atoms with van der Waals surface area (Å²) in [6.45, 7) is 5.99. The van der Waals surface area contributed by atoms with E-state index in [9.17, 15) is 0 Å². The fourth-order valence-corrected chi connectivity index (χ4v) is 1.04. The number of rotatable bonds is 4. The van der Waals surface area contributed by atoms with Gasteiger partial charge in [0.15, 0.2) is 5.69 Å². The van der Waals surface area contributed by atoms with Crippen molar-refractivity contribution in [3.63, 3.8) is 0 Å². The zero-order chi connectivity index (χ0) is 11.5. The van der Waals surface area contributed by atoms with E-state index in [2.05, 4.69) is 9.97 Å². The van der Waals surface area contributed by atoms with Gasteiger partial charge in [-0.3, -0.25) is 0 Å². The van der Waals surface area contributed by atoms with Crippen molar-refractivity contribution in [2.75, 3.05) is 0 Å². The van der Waals surface area contributed by atoms with Gasteiger partial charge < -0.3 is 10.5 Å². The van der Waals surface area contributed by atoms with E-state index in [1.165, 1.54) is 0 Å². The molecule has 0 saturated carbocycles. The average molecular weight is 225 g/mol. The third-order valence-corrected chi connectivity index (χ3v) is 2.32. The summed E-state index contributed by atoms with van der Waals surface area (Å²) in [6, 6.07) is 0. The quantitative estimate of drug-likeness (QED) is 0.790. The molecule has 0 amide bonds. The minimum Gasteiger partial charge on any atom is -0.470 e. The molecule has 82 valence electrons. The maximum Gasteiger partial charge on any atom is 0.243 e. The molecule has 1 heterocycles. The number of hydrogen-bond donors (Lipinski definition) is 1. The van der Waals surface area contributed by atoms with Gasteiger partial charge in [0.25, 0.3) is 0 Å². The molecule has 1 aromatic heterocycles. The van der Waals surface area contributed by atoms with E-state index >= 15 is 0 Å². The van der Waals surface area contributed by atoms with E-state index in [0.29, 0.717) is 11.6 Å². The molecule has 0 bridgehead atoms. The van der Waals surface area contributed by atoms with Crippen LogP contribution in [0.15, 0.2) is 12.4 Å². The summed E-state index contributed by atoms with van der Waals surface area (Å²) in [4.78, 5) is 8.32. The Morgan fingerprint density at radius 1 is 1.47 bits per heavy atom. The van der Waals surface area contributed by atoms with Crippen LogP contribution in [0.4, 0.5) is 0 Å². The van der Waals surface area contributed by atoms with E-state index in [0.717, 1.165) is 6.42 Å². The molecule has 0 spiro atoms. The number of ether oxygens (including phenoxy) is 1. The SMILES string of the molecule is CCC(C)(C)Oc1nccnc1C(N)=S. The summed E-state index contributed by atoms with van der Waals surface area (Å²) < 4.78 is 5.70. The Bertz CT molecular complexity index is 365. The fraction of sp³-hybridized carbons (Fsp3) is 0.500. The summed E-state index contributed by atoms with van der Waals surface area (Å²) in [5.74, 6) is 0.400. The first-order valence-electron chi connectivity index (χ1n) is 4.76. The van der Waals surface area contributed by atoms with Gasteiger partial charge in [-0.1, -0.05) is 19.1 Å². The molecule has 0 aromatic carbocycles. The van der Waals surface area contributed by atoms with Crippen LogP contribution in [0.5, 0.6) is 5.88 Å². The number of aromatic nitrogens is 2. The van der Waals surface area contributed by atoms with Crippen LogP contribution in [-0.2, 0) is 0 Å². The van der Waals surface area contributed by atoms with Gasteiger partial charge >= 0.3 is 0 Å². The molecular weight excluding hydrogens is 210 g/mol. The average Bonchev–Trinajstić information content (AvgIpc) is 2.18. The van der Waals surface area contributed by atoms with Gasteiger partial charge in [-0.2, -0.15) is 0 Å². The second kappa shape index (κ2) is 4.53. The molecule has 5 heteroatoms. The lowest BCUT2D eigenvalue weighted by Crippen LogP contribution is -2.29. The molecule has 0 atom stereocenters. The lowest BCUT2D eigenvalue weighted by atomic mass is 10.1. The number of nitrogens with zero attached hydrogens (tertiary/aromatic N) is 2. The Kier molecular flexibility index (Phi) is 3.57. The fourth-order valence-electron chi connectivity index (χ4n) is 0.903. The van der Waals surface area contributed by atoms with Crippen LogP contribution in [0.25, 0.3) is 0 Å². The molecule has 0 unspecified atom stereocenters. The highest BCUT2D eigenvalue weighted by Gasteiger charge is 2.20. The van der Waals surface area contributed by atoms with Crippen LogP contribution < -0.4 is 10.5 Å². The highest BCUT2D eigenvalue weighted by atomic mass is 32.1. The Hall–Kier alpha value is -1.23. The maximum absolute atomic E-state index is 5.70. The zero-order valence-corrected chi connectivity index (χ0v) is 9.97. The minimum absolute atomic E-state index is 0.199. The van der Waals surface area contributed by atoms with Crippen molar-refractivity contribution < 1.29 is 4.74 Å². The molecule has 0 aliphatic rings. The second-order valence-electron chi connectivity index (χ2n) is 3.79. The van der Waals surface area contributed by atoms with E-state index in [1.807, 2.05) is 20.8 Å². The largest absolute Gasteiger partial charge is 0.470 e. The smallest absolute Gasteiger partial charge is 0.243 e. The number of hydrogen-bond acceptors (Lipinski definition) is 4. The van der Waals surface area contributed by atoms with E-state index in [-0.39, 0.29) is 10.6 Å². The topological polar surface area (TPSA) is 61.0 Å². The van der Waals surface area contributed by atoms with Crippen molar-refractivity contribution in [1.29, 1.82) is 0 Å². The highest BCUT2D eigenvalue weighted by molar-refractivity contribution is 7.80. The summed E-state index contributed by atoms with van der Waals surface area (Å²) in [5, 5.41) is 0. The molecule has 0 saturated heterocycles. The van der Waals surface area contributed by atoms with Crippen molar-refractivity contribution in [3.05, 3.63) is 18.1 Å². The van der Waals surface area contributed by atoms with Crippen LogP contribution >= 0.6 is 12.2 Å².